The zero-order chi connectivity index (χ0) is 10.6. The SMILES string of the molecule is Cc1ccc(C(=O)NNC(=O)CCl)o1. The lowest BCUT2D eigenvalue weighted by atomic mass is 10.4. The number of hydrogen-bond donors (Lipinski definition) is 2. The van der Waals surface area contributed by atoms with Crippen molar-refractivity contribution in [1.29, 1.82) is 0 Å². The van der Waals surface area contributed by atoms with E-state index >= 15 is 0 Å². The molecule has 5 nitrogen and oxygen atoms in total. The molecule has 0 atom stereocenters. The lowest BCUT2D eigenvalue weighted by molar-refractivity contribution is -0.119. The van der Waals surface area contributed by atoms with Crippen LogP contribution in [-0.4, -0.2) is 17.7 Å². The van der Waals surface area contributed by atoms with Crippen LogP contribution in [0.4, 0.5) is 0 Å². The lowest BCUT2D eigenvalue weighted by Crippen LogP contribution is -2.42. The highest BCUT2D eigenvalue weighted by Crippen LogP contribution is 2.04. The van der Waals surface area contributed by atoms with Gasteiger partial charge in [-0.3, -0.25) is 20.4 Å². The summed E-state index contributed by atoms with van der Waals surface area (Å²) in [5, 5.41) is 0. The van der Waals surface area contributed by atoms with Gasteiger partial charge in [-0.15, -0.1) is 11.6 Å². The molecule has 1 aromatic heterocycles. The maximum atomic E-state index is 11.2. The molecule has 0 aliphatic rings. The van der Waals surface area contributed by atoms with Gasteiger partial charge in [0.05, 0.1) is 0 Å². The van der Waals surface area contributed by atoms with E-state index in [1.807, 2.05) is 0 Å². The van der Waals surface area contributed by atoms with E-state index in [2.05, 4.69) is 10.9 Å². The molecule has 0 aliphatic carbocycles. The van der Waals surface area contributed by atoms with Crippen molar-refractivity contribution in [2.45, 2.75) is 6.92 Å². The predicted molar refractivity (Wildman–Crippen MR) is 49.8 cm³/mol. The molecule has 0 bridgehead atoms. The van der Waals surface area contributed by atoms with Gasteiger partial charge in [0.15, 0.2) is 5.76 Å². The van der Waals surface area contributed by atoms with Crippen molar-refractivity contribution in [3.05, 3.63) is 23.7 Å². The highest BCUT2D eigenvalue weighted by Gasteiger charge is 2.09. The summed E-state index contributed by atoms with van der Waals surface area (Å²) in [6.45, 7) is 1.72. The van der Waals surface area contributed by atoms with Gasteiger partial charge in [-0.05, 0) is 19.1 Å². The summed E-state index contributed by atoms with van der Waals surface area (Å²) in [6, 6.07) is 3.16. The fourth-order valence-corrected chi connectivity index (χ4v) is 0.845. The molecule has 0 spiro atoms. The van der Waals surface area contributed by atoms with E-state index < -0.39 is 11.8 Å². The fraction of sp³-hybridized carbons (Fsp3) is 0.250. The maximum Gasteiger partial charge on any atom is 0.305 e. The minimum Gasteiger partial charge on any atom is -0.456 e. The van der Waals surface area contributed by atoms with E-state index in [0.717, 1.165) is 0 Å². The van der Waals surface area contributed by atoms with Crippen molar-refractivity contribution in [2.75, 3.05) is 5.88 Å². The second kappa shape index (κ2) is 4.66. The molecular weight excluding hydrogens is 208 g/mol. The Morgan fingerprint density at radius 2 is 2.14 bits per heavy atom. The monoisotopic (exact) mass is 216 g/mol. The first-order valence-corrected chi connectivity index (χ1v) is 4.38. The van der Waals surface area contributed by atoms with E-state index in [1.54, 1.807) is 13.0 Å². The van der Waals surface area contributed by atoms with Gasteiger partial charge in [-0.2, -0.15) is 0 Å². The van der Waals surface area contributed by atoms with Gasteiger partial charge in [-0.1, -0.05) is 0 Å². The molecule has 0 saturated heterocycles. The number of carbonyl (C=O) groups excluding carboxylic acids is 2. The number of furan rings is 1. The Kier molecular flexibility index (Phi) is 3.53. The number of hydrazine groups is 1. The van der Waals surface area contributed by atoms with Crippen LogP contribution in [-0.2, 0) is 4.79 Å². The first-order chi connectivity index (χ1) is 6.63. The largest absolute Gasteiger partial charge is 0.456 e. The van der Waals surface area contributed by atoms with Crippen molar-refractivity contribution < 1.29 is 14.0 Å². The van der Waals surface area contributed by atoms with E-state index in [4.69, 9.17) is 16.0 Å². The topological polar surface area (TPSA) is 71.3 Å². The van der Waals surface area contributed by atoms with Crippen LogP contribution in [0.3, 0.4) is 0 Å². The second-order valence-corrected chi connectivity index (χ2v) is 2.81. The van der Waals surface area contributed by atoms with Gasteiger partial charge in [0.1, 0.15) is 11.6 Å². The lowest BCUT2D eigenvalue weighted by Gasteiger charge is -2.02. The number of halogens is 1. The van der Waals surface area contributed by atoms with E-state index in [9.17, 15) is 9.59 Å². The minimum absolute atomic E-state index is 0.136. The number of rotatable bonds is 2. The van der Waals surface area contributed by atoms with Gasteiger partial charge in [0, 0.05) is 0 Å². The molecule has 0 saturated carbocycles. The molecule has 1 aromatic rings. The van der Waals surface area contributed by atoms with Crippen LogP contribution in [0.1, 0.15) is 16.3 Å². The number of carbonyl (C=O) groups is 2. The highest BCUT2D eigenvalue weighted by atomic mass is 35.5. The van der Waals surface area contributed by atoms with Crippen molar-refractivity contribution in [3.8, 4) is 0 Å². The third kappa shape index (κ3) is 2.77. The summed E-state index contributed by atoms with van der Waals surface area (Å²) < 4.78 is 5.01. The number of hydrogen-bond acceptors (Lipinski definition) is 3. The van der Waals surface area contributed by atoms with Gasteiger partial charge in [0.2, 0.25) is 0 Å². The summed E-state index contributed by atoms with van der Waals surface area (Å²) in [7, 11) is 0. The molecule has 0 radical (unpaired) electrons. The van der Waals surface area contributed by atoms with Crippen LogP contribution in [0, 0.1) is 6.92 Å². The Hall–Kier alpha value is -1.49. The van der Waals surface area contributed by atoms with Crippen LogP contribution < -0.4 is 10.9 Å². The highest BCUT2D eigenvalue weighted by molar-refractivity contribution is 6.27. The Labute approximate surface area is 85.4 Å². The molecular formula is C8H9ClN2O3. The minimum atomic E-state index is -0.517. The summed E-state index contributed by atoms with van der Waals surface area (Å²) in [6.07, 6.45) is 0. The summed E-state index contributed by atoms with van der Waals surface area (Å²) in [5.41, 5.74) is 4.26. The predicted octanol–water partition coefficient (Wildman–Crippen LogP) is 0.588. The molecule has 0 unspecified atom stereocenters. The molecule has 1 heterocycles. The van der Waals surface area contributed by atoms with Crippen LogP contribution in [0.5, 0.6) is 0 Å². The van der Waals surface area contributed by atoms with Gasteiger partial charge in [0.25, 0.3) is 5.91 Å². The number of nitrogens with one attached hydrogen (secondary N) is 2. The molecule has 2 amide bonds. The van der Waals surface area contributed by atoms with Crippen molar-refractivity contribution in [1.82, 2.24) is 10.9 Å². The van der Waals surface area contributed by atoms with Crippen LogP contribution >= 0.6 is 11.6 Å². The van der Waals surface area contributed by atoms with Crippen molar-refractivity contribution in [3.63, 3.8) is 0 Å². The first kappa shape index (κ1) is 10.6. The number of amides is 2. The van der Waals surface area contributed by atoms with Crippen molar-refractivity contribution >= 4 is 23.4 Å². The van der Waals surface area contributed by atoms with E-state index in [1.165, 1.54) is 6.07 Å². The molecule has 1 rings (SSSR count). The van der Waals surface area contributed by atoms with Gasteiger partial charge >= 0.3 is 5.91 Å². The third-order valence-electron chi connectivity index (χ3n) is 1.40. The standard InChI is InChI=1S/C8H9ClN2O3/c1-5-2-3-6(14-5)8(13)11-10-7(12)4-9/h2-3H,4H2,1H3,(H,10,12)(H,11,13). The Morgan fingerprint density at radius 3 is 2.64 bits per heavy atom. The average molecular weight is 217 g/mol. The normalized spacial score (nSPS) is 9.57. The van der Waals surface area contributed by atoms with Gasteiger partial charge in [-0.25, -0.2) is 0 Å². The Balaban J connectivity index is 2.47. The Morgan fingerprint density at radius 1 is 1.43 bits per heavy atom. The molecule has 0 aliphatic heterocycles. The number of aryl methyl sites for hydroxylation is 1. The smallest absolute Gasteiger partial charge is 0.305 e. The first-order valence-electron chi connectivity index (χ1n) is 3.85. The van der Waals surface area contributed by atoms with Crippen molar-refractivity contribution in [2.24, 2.45) is 0 Å². The second-order valence-electron chi connectivity index (χ2n) is 2.55. The molecule has 76 valence electrons. The summed E-state index contributed by atoms with van der Waals surface area (Å²) in [5.74, 6) is -0.451. The Bertz CT molecular complexity index is 348. The van der Waals surface area contributed by atoms with Crippen LogP contribution in [0.2, 0.25) is 0 Å². The summed E-state index contributed by atoms with van der Waals surface area (Å²) >= 11 is 5.20. The number of alkyl halides is 1. The zero-order valence-electron chi connectivity index (χ0n) is 7.46. The molecule has 14 heavy (non-hydrogen) atoms. The molecule has 0 aromatic carbocycles. The van der Waals surface area contributed by atoms with Crippen LogP contribution in [0.15, 0.2) is 16.5 Å². The summed E-state index contributed by atoms with van der Waals surface area (Å²) in [4.78, 5) is 21.9. The average Bonchev–Trinajstić information content (AvgIpc) is 2.60. The van der Waals surface area contributed by atoms with E-state index in [0.29, 0.717) is 5.76 Å². The molecule has 2 N–H and O–H groups in total. The quantitative estimate of drug-likeness (QED) is 0.561. The van der Waals surface area contributed by atoms with E-state index in [-0.39, 0.29) is 11.6 Å². The van der Waals surface area contributed by atoms with Gasteiger partial charge < -0.3 is 4.42 Å². The molecule has 6 heteroatoms. The fourth-order valence-electron chi connectivity index (χ4n) is 0.778. The molecule has 0 fully saturated rings. The third-order valence-corrected chi connectivity index (χ3v) is 1.64. The zero-order valence-corrected chi connectivity index (χ0v) is 8.22. The maximum absolute atomic E-state index is 11.2. The van der Waals surface area contributed by atoms with Crippen LogP contribution in [0.25, 0.3) is 0 Å².